The molecule has 0 atom stereocenters. The molecule has 2 aromatic carbocycles. The Kier molecular flexibility index (Phi) is 5.64. The number of hydrogen-bond donors (Lipinski definition) is 1. The lowest BCUT2D eigenvalue weighted by molar-refractivity contribution is -0.255. The molecule has 1 amide bonds. The molecule has 1 heterocycles. The number of aromatic carboxylic acids is 1. The fourth-order valence-electron chi connectivity index (χ4n) is 2.84. The Balaban J connectivity index is 1.88. The van der Waals surface area contributed by atoms with Gasteiger partial charge < -0.3 is 15.2 Å². The average molecular weight is 452 g/mol. The third-order valence-electron chi connectivity index (χ3n) is 4.23. The summed E-state index contributed by atoms with van der Waals surface area (Å²) < 4.78 is 27.4. The standard InChI is InChI=1S/C18H17BrN2O5S/c19-15-7-6-12(11-16(15)27(25,26)21-8-1-2-9-21)17(22)20-14-5-3-4-13(10-14)18(23)24/h3-7,10-11H,1-2,8-9H2,(H,20,22)(H,23,24)/p-1. The van der Waals surface area contributed by atoms with Gasteiger partial charge in [-0.15, -0.1) is 0 Å². The first-order valence-corrected chi connectivity index (χ1v) is 10.4. The molecular formula is C18H16BrN2O5S-. The fraction of sp³-hybridized carbons (Fsp3) is 0.222. The molecule has 1 N–H and O–H groups in total. The Morgan fingerprint density at radius 2 is 1.74 bits per heavy atom. The number of carbonyl (C=O) groups excluding carboxylic acids is 2. The maximum absolute atomic E-state index is 12.8. The molecule has 1 aliphatic heterocycles. The number of nitrogens with one attached hydrogen (secondary N) is 1. The van der Waals surface area contributed by atoms with E-state index in [-0.39, 0.29) is 21.7 Å². The summed E-state index contributed by atoms with van der Waals surface area (Å²) in [5, 5.41) is 13.5. The van der Waals surface area contributed by atoms with Crippen molar-refractivity contribution in [2.45, 2.75) is 17.7 Å². The lowest BCUT2D eigenvalue weighted by atomic mass is 10.1. The predicted octanol–water partition coefficient (Wildman–Crippen LogP) is 1.85. The molecule has 27 heavy (non-hydrogen) atoms. The summed E-state index contributed by atoms with van der Waals surface area (Å²) in [4.78, 5) is 23.5. The van der Waals surface area contributed by atoms with Crippen LogP contribution in [0.25, 0.3) is 0 Å². The maximum atomic E-state index is 12.8. The summed E-state index contributed by atoms with van der Waals surface area (Å²) in [7, 11) is -3.70. The SMILES string of the molecule is O=C([O-])c1cccc(NC(=O)c2ccc(Br)c(S(=O)(=O)N3CCCC3)c2)c1. The van der Waals surface area contributed by atoms with Gasteiger partial charge in [-0.25, -0.2) is 8.42 Å². The Morgan fingerprint density at radius 1 is 1.04 bits per heavy atom. The number of benzene rings is 2. The molecule has 0 aliphatic carbocycles. The lowest BCUT2D eigenvalue weighted by Gasteiger charge is -2.17. The van der Waals surface area contributed by atoms with Gasteiger partial charge in [-0.05, 0) is 64.7 Å². The minimum atomic E-state index is -3.70. The van der Waals surface area contributed by atoms with Gasteiger partial charge in [0.25, 0.3) is 5.91 Å². The highest BCUT2D eigenvalue weighted by Crippen LogP contribution is 2.28. The first-order chi connectivity index (χ1) is 12.8. The molecule has 7 nitrogen and oxygen atoms in total. The van der Waals surface area contributed by atoms with Crippen molar-refractivity contribution in [3.63, 3.8) is 0 Å². The van der Waals surface area contributed by atoms with E-state index in [0.717, 1.165) is 12.8 Å². The number of hydrogen-bond acceptors (Lipinski definition) is 5. The molecule has 1 fully saturated rings. The largest absolute Gasteiger partial charge is 0.545 e. The molecule has 0 unspecified atom stereocenters. The molecule has 0 spiro atoms. The highest BCUT2D eigenvalue weighted by atomic mass is 79.9. The molecule has 1 aliphatic rings. The minimum absolute atomic E-state index is 0.0283. The number of rotatable bonds is 5. The van der Waals surface area contributed by atoms with Crippen molar-refractivity contribution < 1.29 is 23.1 Å². The highest BCUT2D eigenvalue weighted by Gasteiger charge is 2.29. The van der Waals surface area contributed by atoms with Gasteiger partial charge in [0, 0.05) is 28.8 Å². The van der Waals surface area contributed by atoms with Crippen LogP contribution in [0.3, 0.4) is 0 Å². The van der Waals surface area contributed by atoms with E-state index in [0.29, 0.717) is 17.6 Å². The van der Waals surface area contributed by atoms with E-state index in [4.69, 9.17) is 0 Å². The molecule has 0 aromatic heterocycles. The summed E-state index contributed by atoms with van der Waals surface area (Å²) in [5.74, 6) is -1.90. The van der Waals surface area contributed by atoms with Crippen LogP contribution < -0.4 is 10.4 Å². The second-order valence-corrected chi connectivity index (χ2v) is 8.84. The molecule has 0 saturated carbocycles. The van der Waals surface area contributed by atoms with Gasteiger partial charge in [-0.1, -0.05) is 12.1 Å². The number of halogens is 1. The quantitative estimate of drug-likeness (QED) is 0.746. The van der Waals surface area contributed by atoms with Crippen LogP contribution in [-0.4, -0.2) is 37.7 Å². The van der Waals surface area contributed by atoms with Crippen molar-refractivity contribution in [3.05, 3.63) is 58.1 Å². The van der Waals surface area contributed by atoms with Crippen LogP contribution >= 0.6 is 15.9 Å². The molecule has 3 rings (SSSR count). The number of nitrogens with zero attached hydrogens (tertiary/aromatic N) is 1. The maximum Gasteiger partial charge on any atom is 0.255 e. The van der Waals surface area contributed by atoms with Crippen LogP contribution in [0.4, 0.5) is 5.69 Å². The van der Waals surface area contributed by atoms with E-state index in [1.54, 1.807) is 0 Å². The summed E-state index contributed by atoms with van der Waals surface area (Å²) in [6.07, 6.45) is 1.62. The van der Waals surface area contributed by atoms with Gasteiger partial charge in [-0.2, -0.15) is 4.31 Å². The van der Waals surface area contributed by atoms with E-state index in [2.05, 4.69) is 21.2 Å². The third kappa shape index (κ3) is 4.20. The van der Waals surface area contributed by atoms with Crippen LogP contribution in [0, 0.1) is 0 Å². The molecule has 1 saturated heterocycles. The molecule has 0 bridgehead atoms. The van der Waals surface area contributed by atoms with Crippen molar-refractivity contribution in [1.82, 2.24) is 4.31 Å². The Bertz CT molecular complexity index is 1000. The number of carboxylic acids is 1. The summed E-state index contributed by atoms with van der Waals surface area (Å²) in [6, 6.07) is 9.95. The van der Waals surface area contributed by atoms with Crippen molar-refractivity contribution in [1.29, 1.82) is 0 Å². The van der Waals surface area contributed by atoms with Crippen LogP contribution in [0.2, 0.25) is 0 Å². The van der Waals surface area contributed by atoms with Gasteiger partial charge in [-0.3, -0.25) is 4.79 Å². The molecule has 142 valence electrons. The van der Waals surface area contributed by atoms with Crippen LogP contribution in [0.5, 0.6) is 0 Å². The topological polar surface area (TPSA) is 107 Å². The summed E-state index contributed by atoms with van der Waals surface area (Å²) in [6.45, 7) is 0.919. The van der Waals surface area contributed by atoms with Gasteiger partial charge >= 0.3 is 0 Å². The number of carbonyl (C=O) groups is 2. The minimum Gasteiger partial charge on any atom is -0.545 e. The monoisotopic (exact) mass is 451 g/mol. The van der Waals surface area contributed by atoms with Crippen molar-refractivity contribution in [2.75, 3.05) is 18.4 Å². The highest BCUT2D eigenvalue weighted by molar-refractivity contribution is 9.10. The summed E-state index contributed by atoms with van der Waals surface area (Å²) >= 11 is 3.25. The van der Waals surface area contributed by atoms with E-state index in [1.807, 2.05) is 0 Å². The van der Waals surface area contributed by atoms with E-state index in [9.17, 15) is 23.1 Å². The zero-order valence-corrected chi connectivity index (χ0v) is 16.5. The summed E-state index contributed by atoms with van der Waals surface area (Å²) in [5.41, 5.74) is 0.351. The van der Waals surface area contributed by atoms with Gasteiger partial charge in [0.15, 0.2) is 0 Å². The van der Waals surface area contributed by atoms with Gasteiger partial charge in [0.05, 0.1) is 10.9 Å². The van der Waals surface area contributed by atoms with E-state index in [1.165, 1.54) is 46.8 Å². The average Bonchev–Trinajstić information content (AvgIpc) is 3.17. The van der Waals surface area contributed by atoms with E-state index >= 15 is 0 Å². The predicted molar refractivity (Wildman–Crippen MR) is 101 cm³/mol. The Labute approximate surface area is 165 Å². The van der Waals surface area contributed by atoms with Crippen LogP contribution in [-0.2, 0) is 10.0 Å². The second-order valence-electron chi connectivity index (χ2n) is 6.08. The zero-order valence-electron chi connectivity index (χ0n) is 14.1. The first kappa shape index (κ1) is 19.5. The normalized spacial score (nSPS) is 14.9. The fourth-order valence-corrected chi connectivity index (χ4v) is 5.30. The molecule has 0 radical (unpaired) electrons. The van der Waals surface area contributed by atoms with Crippen LogP contribution in [0.1, 0.15) is 33.6 Å². The molecular weight excluding hydrogens is 436 g/mol. The number of amides is 1. The number of carboxylic acid groups (broad SMARTS) is 1. The van der Waals surface area contributed by atoms with Crippen LogP contribution in [0.15, 0.2) is 51.8 Å². The Hall–Kier alpha value is -2.23. The van der Waals surface area contributed by atoms with Gasteiger partial charge in [0.1, 0.15) is 0 Å². The first-order valence-electron chi connectivity index (χ1n) is 8.21. The second kappa shape index (κ2) is 7.79. The molecule has 9 heteroatoms. The van der Waals surface area contributed by atoms with E-state index < -0.39 is 21.9 Å². The third-order valence-corrected chi connectivity index (χ3v) is 7.12. The van der Waals surface area contributed by atoms with Gasteiger partial charge in [0.2, 0.25) is 10.0 Å². The van der Waals surface area contributed by atoms with Crippen molar-refractivity contribution in [3.8, 4) is 0 Å². The molecule has 2 aromatic rings. The van der Waals surface area contributed by atoms with Crippen molar-refractivity contribution in [2.24, 2.45) is 0 Å². The van der Waals surface area contributed by atoms with Crippen molar-refractivity contribution >= 4 is 43.5 Å². The zero-order chi connectivity index (χ0) is 19.6. The lowest BCUT2D eigenvalue weighted by Crippen LogP contribution is -2.28. The Morgan fingerprint density at radius 3 is 2.41 bits per heavy atom. The smallest absolute Gasteiger partial charge is 0.255 e. The number of sulfonamides is 1. The number of anilines is 1.